The van der Waals surface area contributed by atoms with Crippen molar-refractivity contribution in [3.63, 3.8) is 0 Å². The average molecular weight is 275 g/mol. The van der Waals surface area contributed by atoms with Gasteiger partial charge in [0.2, 0.25) is 0 Å². The molecule has 0 unspecified atom stereocenters. The Balaban J connectivity index is 2.22. The lowest BCUT2D eigenvalue weighted by Crippen LogP contribution is -1.97. The van der Waals surface area contributed by atoms with Crippen molar-refractivity contribution in [3.05, 3.63) is 60.2 Å². The van der Waals surface area contributed by atoms with Crippen LogP contribution in [0.25, 0.3) is 0 Å². The quantitative estimate of drug-likeness (QED) is 0.806. The Kier molecular flexibility index (Phi) is 3.97. The third kappa shape index (κ3) is 3.42. The number of benzene rings is 2. The van der Waals surface area contributed by atoms with Gasteiger partial charge in [0, 0.05) is 6.21 Å². The zero-order valence-corrected chi connectivity index (χ0v) is 11.2. The normalized spacial score (nSPS) is 11.6. The molecule has 0 spiro atoms. The molecule has 0 fully saturated rings. The summed E-state index contributed by atoms with van der Waals surface area (Å²) >= 11 is 0. The van der Waals surface area contributed by atoms with E-state index in [0.29, 0.717) is 11.3 Å². The summed E-state index contributed by atoms with van der Waals surface area (Å²) in [4.78, 5) is 0.180. The number of ether oxygens (including phenoxy) is 1. The number of methoxy groups -OCH3 is 1. The van der Waals surface area contributed by atoms with Crippen LogP contribution >= 0.6 is 0 Å². The first-order valence-electron chi connectivity index (χ1n) is 5.61. The van der Waals surface area contributed by atoms with Crippen LogP contribution in [-0.4, -0.2) is 21.7 Å². The molecule has 0 aromatic heterocycles. The van der Waals surface area contributed by atoms with Gasteiger partial charge < -0.3 is 4.74 Å². The third-order valence-corrected chi connectivity index (χ3v) is 3.75. The van der Waals surface area contributed by atoms with Crippen LogP contribution in [0, 0.1) is 0 Å². The van der Waals surface area contributed by atoms with E-state index in [-0.39, 0.29) is 4.90 Å². The Morgan fingerprint density at radius 3 is 2.21 bits per heavy atom. The molecule has 0 aliphatic rings. The molecule has 0 atom stereocenters. The summed E-state index contributed by atoms with van der Waals surface area (Å²) in [6.45, 7) is 0. The molecule has 2 rings (SSSR count). The molecule has 2 aromatic rings. The van der Waals surface area contributed by atoms with Gasteiger partial charge in [-0.2, -0.15) is 12.8 Å². The molecular formula is C14H13NO3S. The number of nitrogens with zero attached hydrogens (tertiary/aromatic N) is 1. The second-order valence-corrected chi connectivity index (χ2v) is 5.43. The minimum atomic E-state index is -3.64. The van der Waals surface area contributed by atoms with E-state index < -0.39 is 10.0 Å². The van der Waals surface area contributed by atoms with Crippen molar-refractivity contribution in [2.24, 2.45) is 4.40 Å². The Labute approximate surface area is 112 Å². The minimum Gasteiger partial charge on any atom is -0.497 e. The first-order chi connectivity index (χ1) is 9.12. The lowest BCUT2D eigenvalue weighted by Gasteiger charge is -1.99. The highest BCUT2D eigenvalue weighted by Crippen LogP contribution is 2.13. The summed E-state index contributed by atoms with van der Waals surface area (Å²) in [6, 6.07) is 15.1. The maximum Gasteiger partial charge on any atom is 0.282 e. The Hall–Kier alpha value is -2.14. The molecule has 5 heteroatoms. The van der Waals surface area contributed by atoms with E-state index in [1.54, 1.807) is 49.6 Å². The lowest BCUT2D eigenvalue weighted by atomic mass is 10.2. The van der Waals surface area contributed by atoms with Gasteiger partial charge in [0.05, 0.1) is 12.0 Å². The van der Waals surface area contributed by atoms with Crippen molar-refractivity contribution in [3.8, 4) is 5.75 Å². The monoisotopic (exact) mass is 275 g/mol. The van der Waals surface area contributed by atoms with E-state index in [9.17, 15) is 8.42 Å². The SMILES string of the molecule is COc1ccc(/C=N/S(=O)(=O)c2ccccc2)cc1. The van der Waals surface area contributed by atoms with E-state index in [0.717, 1.165) is 0 Å². The predicted octanol–water partition coefficient (Wildman–Crippen LogP) is 2.50. The van der Waals surface area contributed by atoms with Gasteiger partial charge >= 0.3 is 0 Å². The molecule has 0 aliphatic heterocycles. The summed E-state index contributed by atoms with van der Waals surface area (Å²) in [5.74, 6) is 0.711. The van der Waals surface area contributed by atoms with Crippen molar-refractivity contribution in [2.45, 2.75) is 4.90 Å². The molecule has 0 bridgehead atoms. The average Bonchev–Trinajstić information content (AvgIpc) is 2.47. The second kappa shape index (κ2) is 5.67. The molecule has 0 radical (unpaired) electrons. The van der Waals surface area contributed by atoms with Crippen molar-refractivity contribution in [2.75, 3.05) is 7.11 Å². The van der Waals surface area contributed by atoms with Crippen molar-refractivity contribution in [1.29, 1.82) is 0 Å². The van der Waals surface area contributed by atoms with Crippen molar-refractivity contribution < 1.29 is 13.2 Å². The number of sulfonamides is 1. The van der Waals surface area contributed by atoms with Gasteiger partial charge in [-0.25, -0.2) is 0 Å². The van der Waals surface area contributed by atoms with Gasteiger partial charge in [0.1, 0.15) is 5.75 Å². The summed E-state index contributed by atoms with van der Waals surface area (Å²) < 4.78 is 32.5. The van der Waals surface area contributed by atoms with E-state index in [4.69, 9.17) is 4.74 Å². The van der Waals surface area contributed by atoms with E-state index >= 15 is 0 Å². The molecular weight excluding hydrogens is 262 g/mol. The maximum atomic E-state index is 11.9. The first kappa shape index (κ1) is 13.3. The Morgan fingerprint density at radius 1 is 1.00 bits per heavy atom. The maximum absolute atomic E-state index is 11.9. The molecule has 0 aliphatic carbocycles. The minimum absolute atomic E-state index is 0.180. The van der Waals surface area contributed by atoms with Gasteiger partial charge in [0.15, 0.2) is 0 Å². The fraction of sp³-hybridized carbons (Fsp3) is 0.0714. The molecule has 4 nitrogen and oxygen atoms in total. The highest BCUT2D eigenvalue weighted by molar-refractivity contribution is 7.90. The zero-order valence-electron chi connectivity index (χ0n) is 10.4. The van der Waals surface area contributed by atoms with Crippen molar-refractivity contribution >= 4 is 16.2 Å². The van der Waals surface area contributed by atoms with Crippen LogP contribution in [0.5, 0.6) is 5.75 Å². The fourth-order valence-corrected chi connectivity index (χ4v) is 2.36. The largest absolute Gasteiger partial charge is 0.497 e. The molecule has 0 N–H and O–H groups in total. The molecule has 0 saturated carbocycles. The van der Waals surface area contributed by atoms with Gasteiger partial charge in [-0.05, 0) is 42.0 Å². The summed E-state index contributed by atoms with van der Waals surface area (Å²) in [7, 11) is -2.06. The number of rotatable bonds is 4. The molecule has 98 valence electrons. The van der Waals surface area contributed by atoms with Crippen LogP contribution < -0.4 is 4.74 Å². The summed E-state index contributed by atoms with van der Waals surface area (Å²) in [6.07, 6.45) is 1.32. The standard InChI is InChI=1S/C14H13NO3S/c1-18-13-9-7-12(8-10-13)11-15-19(16,17)14-5-3-2-4-6-14/h2-11H,1H3/b15-11+. The second-order valence-electron chi connectivity index (χ2n) is 3.80. The van der Waals surface area contributed by atoms with E-state index in [2.05, 4.69) is 4.40 Å². The van der Waals surface area contributed by atoms with Crippen LogP contribution in [0.15, 0.2) is 63.9 Å². The van der Waals surface area contributed by atoms with Crippen LogP contribution in [0.4, 0.5) is 0 Å². The molecule has 0 amide bonds. The predicted molar refractivity (Wildman–Crippen MR) is 74.2 cm³/mol. The van der Waals surface area contributed by atoms with Gasteiger partial charge in [-0.3, -0.25) is 0 Å². The topological polar surface area (TPSA) is 55.7 Å². The smallest absolute Gasteiger partial charge is 0.282 e. The summed E-state index contributed by atoms with van der Waals surface area (Å²) in [5, 5.41) is 0. The van der Waals surface area contributed by atoms with Crippen LogP contribution in [-0.2, 0) is 10.0 Å². The third-order valence-electron chi connectivity index (χ3n) is 2.50. The van der Waals surface area contributed by atoms with Gasteiger partial charge in [0.25, 0.3) is 10.0 Å². The highest BCUT2D eigenvalue weighted by Gasteiger charge is 2.09. The van der Waals surface area contributed by atoms with Gasteiger partial charge in [-0.15, -0.1) is 0 Å². The number of hydrogen-bond acceptors (Lipinski definition) is 3. The molecule has 0 saturated heterocycles. The number of hydrogen-bond donors (Lipinski definition) is 0. The van der Waals surface area contributed by atoms with Crippen LogP contribution in [0.3, 0.4) is 0 Å². The van der Waals surface area contributed by atoms with E-state index in [1.165, 1.54) is 18.3 Å². The summed E-state index contributed by atoms with van der Waals surface area (Å²) in [5.41, 5.74) is 0.695. The first-order valence-corrected chi connectivity index (χ1v) is 7.05. The van der Waals surface area contributed by atoms with Gasteiger partial charge in [-0.1, -0.05) is 18.2 Å². The van der Waals surface area contributed by atoms with Crippen molar-refractivity contribution in [1.82, 2.24) is 0 Å². The Morgan fingerprint density at radius 2 is 1.63 bits per heavy atom. The molecule has 2 aromatic carbocycles. The van der Waals surface area contributed by atoms with E-state index in [1.807, 2.05) is 0 Å². The zero-order chi connectivity index (χ0) is 13.7. The molecule has 19 heavy (non-hydrogen) atoms. The lowest BCUT2D eigenvalue weighted by molar-refractivity contribution is 0.415. The highest BCUT2D eigenvalue weighted by atomic mass is 32.2. The molecule has 0 heterocycles. The van der Waals surface area contributed by atoms with Crippen LogP contribution in [0.1, 0.15) is 5.56 Å². The fourth-order valence-electron chi connectivity index (χ4n) is 1.47. The Bertz CT molecular complexity index is 662. The van der Waals surface area contributed by atoms with Crippen LogP contribution in [0.2, 0.25) is 0 Å².